The molecule has 1 aromatic heterocycles. The van der Waals surface area contributed by atoms with E-state index in [0.29, 0.717) is 11.5 Å². The Morgan fingerprint density at radius 3 is 2.04 bits per heavy atom. The summed E-state index contributed by atoms with van der Waals surface area (Å²) in [5, 5.41) is 5.02. The van der Waals surface area contributed by atoms with Crippen molar-refractivity contribution < 1.29 is 25.8 Å². The molecule has 6 aromatic rings. The van der Waals surface area contributed by atoms with Crippen LogP contribution in [0.25, 0.3) is 28.1 Å². The Hall–Kier alpha value is -4.60. The van der Waals surface area contributed by atoms with Gasteiger partial charge in [0, 0.05) is 61.3 Å². The minimum atomic E-state index is -0.0879. The van der Waals surface area contributed by atoms with Crippen LogP contribution in [0.1, 0.15) is 26.3 Å². The van der Waals surface area contributed by atoms with Crippen LogP contribution in [0.2, 0.25) is 0 Å². The maximum Gasteiger partial charge on any atom is 0.100 e. The van der Waals surface area contributed by atoms with Crippen LogP contribution in [-0.2, 0) is 26.5 Å². The summed E-state index contributed by atoms with van der Waals surface area (Å²) in [4.78, 5) is 4.29. The molecule has 0 atom stereocenters. The van der Waals surface area contributed by atoms with Gasteiger partial charge in [-0.05, 0) is 35.8 Å². The van der Waals surface area contributed by atoms with Crippen LogP contribution in [0.4, 0.5) is 17.1 Å². The quantitative estimate of drug-likeness (QED) is 0.158. The van der Waals surface area contributed by atoms with Crippen LogP contribution >= 0.6 is 0 Å². The van der Waals surface area contributed by atoms with E-state index >= 15 is 0 Å². The molecular formula is C39H33N4OPt-3. The molecule has 6 heteroatoms. The normalized spacial score (nSPS) is 12.5. The van der Waals surface area contributed by atoms with Gasteiger partial charge in [0.2, 0.25) is 0 Å². The molecule has 0 aliphatic carbocycles. The molecule has 0 N–H and O–H groups in total. The van der Waals surface area contributed by atoms with Crippen molar-refractivity contribution in [1.29, 1.82) is 0 Å². The first kappa shape index (κ1) is 30.4. The number of hydrogen-bond acceptors (Lipinski definition) is 4. The predicted molar refractivity (Wildman–Crippen MR) is 179 cm³/mol. The number of hydrogen-bond donors (Lipinski definition) is 0. The van der Waals surface area contributed by atoms with E-state index in [1.807, 2.05) is 47.1 Å². The molecular weight excluding hydrogens is 736 g/mol. The summed E-state index contributed by atoms with van der Waals surface area (Å²) in [7, 11) is 2.06. The zero-order chi connectivity index (χ0) is 30.3. The Kier molecular flexibility index (Phi) is 8.40. The second kappa shape index (κ2) is 12.4. The minimum Gasteiger partial charge on any atom is -0.509 e. The third-order valence-electron chi connectivity index (χ3n) is 7.83. The number of ether oxygens (including phenoxy) is 1. The maximum absolute atomic E-state index is 6.49. The fraction of sp³-hybridized carbons (Fsp3) is 0.128. The van der Waals surface area contributed by atoms with Crippen molar-refractivity contribution in [1.82, 2.24) is 9.78 Å². The van der Waals surface area contributed by atoms with Gasteiger partial charge < -0.3 is 14.5 Å². The van der Waals surface area contributed by atoms with E-state index in [2.05, 4.69) is 135 Å². The van der Waals surface area contributed by atoms with Crippen LogP contribution in [0.15, 0.2) is 121 Å². The molecule has 2 heterocycles. The first-order valence-corrected chi connectivity index (χ1v) is 14.8. The van der Waals surface area contributed by atoms with Crippen LogP contribution in [0.5, 0.6) is 11.5 Å². The zero-order valence-electron chi connectivity index (χ0n) is 25.6. The van der Waals surface area contributed by atoms with Gasteiger partial charge in [0.1, 0.15) is 5.69 Å². The van der Waals surface area contributed by atoms with E-state index in [0.717, 1.165) is 50.7 Å². The van der Waals surface area contributed by atoms with E-state index in [-0.39, 0.29) is 26.5 Å². The molecule has 0 unspecified atom stereocenters. The van der Waals surface area contributed by atoms with Gasteiger partial charge in [0.15, 0.2) is 0 Å². The topological polar surface area (TPSA) is 33.5 Å². The summed E-state index contributed by atoms with van der Waals surface area (Å²) >= 11 is 0. The van der Waals surface area contributed by atoms with Gasteiger partial charge in [-0.15, -0.1) is 47.6 Å². The largest absolute Gasteiger partial charge is 0.509 e. The first-order valence-electron chi connectivity index (χ1n) is 14.8. The summed E-state index contributed by atoms with van der Waals surface area (Å²) in [6.45, 7) is 8.72. The van der Waals surface area contributed by atoms with Crippen molar-refractivity contribution >= 4 is 17.1 Å². The molecule has 1 aliphatic rings. The van der Waals surface area contributed by atoms with Gasteiger partial charge in [0.25, 0.3) is 0 Å². The third kappa shape index (κ3) is 6.18. The van der Waals surface area contributed by atoms with Crippen LogP contribution in [-0.4, -0.2) is 16.8 Å². The number of anilines is 3. The molecule has 7 rings (SSSR count). The Balaban J connectivity index is 0.00000357. The van der Waals surface area contributed by atoms with Crippen LogP contribution in [0, 0.1) is 18.8 Å². The van der Waals surface area contributed by atoms with Crippen molar-refractivity contribution in [3.8, 4) is 39.6 Å². The van der Waals surface area contributed by atoms with Crippen molar-refractivity contribution in [2.24, 2.45) is 0 Å². The standard InChI is InChI=1S/C39H33N4O.Pt/c1-39(2,3)30-22-32(42-27-41(4)36-20-11-12-21-37(36)42)25-34(23-30)44-33-19-13-18-31(24-33)43-26-35(28-14-7-5-8-15-28)38(40-43)29-16-9-6-10-17-29;/h5-23,26-27H,1-4H3;/q-3;. The van der Waals surface area contributed by atoms with Gasteiger partial charge in [-0.25, -0.2) is 0 Å². The number of aromatic nitrogens is 2. The van der Waals surface area contributed by atoms with Gasteiger partial charge in [-0.1, -0.05) is 93.6 Å². The molecule has 1 aliphatic heterocycles. The van der Waals surface area contributed by atoms with Crippen LogP contribution < -0.4 is 14.5 Å². The zero-order valence-corrected chi connectivity index (χ0v) is 27.9. The second-order valence-corrected chi connectivity index (χ2v) is 12.0. The monoisotopic (exact) mass is 768 g/mol. The summed E-state index contributed by atoms with van der Waals surface area (Å²) < 4.78 is 8.37. The van der Waals surface area contributed by atoms with Gasteiger partial charge in [-0.3, -0.25) is 4.68 Å². The Morgan fingerprint density at radius 1 is 0.689 bits per heavy atom. The Labute approximate surface area is 280 Å². The predicted octanol–water partition coefficient (Wildman–Crippen LogP) is 9.60. The number of benzene rings is 5. The number of fused-ring (bicyclic) bond motifs is 1. The van der Waals surface area contributed by atoms with Crippen LogP contribution in [0.3, 0.4) is 0 Å². The fourth-order valence-corrected chi connectivity index (χ4v) is 5.49. The molecule has 0 saturated carbocycles. The van der Waals surface area contributed by atoms with E-state index < -0.39 is 0 Å². The van der Waals surface area contributed by atoms with E-state index in [1.165, 1.54) is 0 Å². The SMILES string of the molecule is CN1[CH-]N(c2[c-]c(Oc3[c-]c(-n4cc(-c5ccccc5)c(-c5ccccc5)n4)ccc3)cc(C(C)(C)C)c2)c2ccccc21.[Pt]. The van der Waals surface area contributed by atoms with Gasteiger partial charge >= 0.3 is 0 Å². The smallest absolute Gasteiger partial charge is 0.100 e. The van der Waals surface area contributed by atoms with E-state index in [9.17, 15) is 0 Å². The molecule has 5 aromatic carbocycles. The second-order valence-electron chi connectivity index (χ2n) is 12.0. The average molecular weight is 769 g/mol. The minimum absolute atomic E-state index is 0. The van der Waals surface area contributed by atoms with Crippen molar-refractivity contribution in [2.45, 2.75) is 26.2 Å². The molecule has 0 fully saturated rings. The molecule has 0 spiro atoms. The number of rotatable bonds is 6. The third-order valence-corrected chi connectivity index (χ3v) is 7.83. The molecule has 0 amide bonds. The first-order chi connectivity index (χ1) is 21.3. The van der Waals surface area contributed by atoms with Gasteiger partial charge in [-0.2, -0.15) is 17.8 Å². The summed E-state index contributed by atoms with van der Waals surface area (Å²) in [5.74, 6) is 1.23. The van der Waals surface area contributed by atoms with Crippen molar-refractivity contribution in [2.75, 3.05) is 16.8 Å². The molecule has 228 valence electrons. The van der Waals surface area contributed by atoms with Crippen molar-refractivity contribution in [3.63, 3.8) is 0 Å². The van der Waals surface area contributed by atoms with Crippen molar-refractivity contribution in [3.05, 3.63) is 146 Å². The molecule has 45 heavy (non-hydrogen) atoms. The van der Waals surface area contributed by atoms with E-state index in [4.69, 9.17) is 9.84 Å². The fourth-order valence-electron chi connectivity index (χ4n) is 5.49. The summed E-state index contributed by atoms with van der Waals surface area (Å²) in [6.07, 6.45) is 2.06. The number of para-hydroxylation sites is 2. The molecule has 5 nitrogen and oxygen atoms in total. The summed E-state index contributed by atoms with van der Waals surface area (Å²) in [6, 6.07) is 46.1. The molecule has 0 radical (unpaired) electrons. The summed E-state index contributed by atoms with van der Waals surface area (Å²) in [5.41, 5.74) is 9.18. The molecule has 0 bridgehead atoms. The Morgan fingerprint density at radius 2 is 1.33 bits per heavy atom. The Bertz CT molecular complexity index is 1870. The maximum atomic E-state index is 6.49. The number of nitrogens with zero attached hydrogens (tertiary/aromatic N) is 4. The average Bonchev–Trinajstić information content (AvgIpc) is 3.64. The van der Waals surface area contributed by atoms with Gasteiger partial charge in [0.05, 0.1) is 0 Å². The van der Waals surface area contributed by atoms with E-state index in [1.54, 1.807) is 0 Å². The molecule has 0 saturated heterocycles.